The van der Waals surface area contributed by atoms with Crippen LogP contribution in [0.2, 0.25) is 0 Å². The van der Waals surface area contributed by atoms with Crippen molar-refractivity contribution < 1.29 is 4.74 Å². The molecule has 0 heterocycles. The van der Waals surface area contributed by atoms with Gasteiger partial charge in [0.25, 0.3) is 0 Å². The van der Waals surface area contributed by atoms with Gasteiger partial charge in [-0.3, -0.25) is 0 Å². The number of likely N-dealkylation sites (N-methyl/N-ethyl adjacent to an activating group) is 1. The molecular weight excluding hydrogens is 260 g/mol. The van der Waals surface area contributed by atoms with E-state index < -0.39 is 0 Å². The molecule has 0 bridgehead atoms. The molecule has 1 aliphatic rings. The summed E-state index contributed by atoms with van der Waals surface area (Å²) in [4.78, 5) is 2.30. The Labute approximate surface area is 129 Å². The van der Waals surface area contributed by atoms with Gasteiger partial charge in [-0.2, -0.15) is 0 Å². The molecule has 21 heavy (non-hydrogen) atoms. The molecule has 1 aliphatic carbocycles. The van der Waals surface area contributed by atoms with E-state index in [0.29, 0.717) is 0 Å². The number of rotatable bonds is 10. The zero-order valence-corrected chi connectivity index (χ0v) is 13.8. The van der Waals surface area contributed by atoms with Gasteiger partial charge in [0.05, 0.1) is 6.61 Å². The number of anilines is 1. The van der Waals surface area contributed by atoms with Gasteiger partial charge in [0.2, 0.25) is 0 Å². The third kappa shape index (κ3) is 5.68. The van der Waals surface area contributed by atoms with Gasteiger partial charge in [0, 0.05) is 32.4 Å². The minimum atomic E-state index is 0.826. The second-order valence-electron chi connectivity index (χ2n) is 6.24. The van der Waals surface area contributed by atoms with Crippen LogP contribution in [0.1, 0.15) is 37.3 Å². The molecule has 118 valence electrons. The molecule has 0 atom stereocenters. The van der Waals surface area contributed by atoms with Crippen molar-refractivity contribution in [2.45, 2.75) is 39.7 Å². The third-order valence-electron chi connectivity index (χ3n) is 4.05. The monoisotopic (exact) mass is 290 g/mol. The predicted octanol–water partition coefficient (Wildman–Crippen LogP) is 3.36. The molecule has 0 radical (unpaired) electrons. The molecule has 1 saturated carbocycles. The van der Waals surface area contributed by atoms with Gasteiger partial charge in [-0.05, 0) is 55.8 Å². The Hall–Kier alpha value is -1.06. The lowest BCUT2D eigenvalue weighted by Crippen LogP contribution is -2.24. The molecule has 0 aromatic heterocycles. The number of nitrogens with zero attached hydrogens (tertiary/aromatic N) is 1. The maximum absolute atomic E-state index is 5.73. The molecular formula is C18H30N2O. The summed E-state index contributed by atoms with van der Waals surface area (Å²) < 4.78 is 5.73. The summed E-state index contributed by atoms with van der Waals surface area (Å²) in [7, 11) is 2.15. The van der Waals surface area contributed by atoms with E-state index in [1.54, 1.807) is 0 Å². The summed E-state index contributed by atoms with van der Waals surface area (Å²) in [5.41, 5.74) is 4.02. The molecule has 0 amide bonds. The van der Waals surface area contributed by atoms with Gasteiger partial charge in [-0.25, -0.2) is 0 Å². The molecule has 1 aromatic carbocycles. The molecule has 2 rings (SSSR count). The Kier molecular flexibility index (Phi) is 6.52. The number of nitrogens with one attached hydrogen (secondary N) is 1. The maximum atomic E-state index is 5.73. The number of hydrogen-bond acceptors (Lipinski definition) is 3. The lowest BCUT2D eigenvalue weighted by molar-refractivity contribution is 0.131. The quantitative estimate of drug-likeness (QED) is 0.669. The highest BCUT2D eigenvalue weighted by Crippen LogP contribution is 2.28. The molecule has 3 nitrogen and oxygen atoms in total. The normalized spacial score (nSPS) is 14.4. The third-order valence-corrected chi connectivity index (χ3v) is 4.05. The lowest BCUT2D eigenvalue weighted by atomic mass is 10.1. The average Bonchev–Trinajstić information content (AvgIpc) is 3.28. The first-order valence-corrected chi connectivity index (χ1v) is 8.29. The van der Waals surface area contributed by atoms with E-state index in [1.165, 1.54) is 36.1 Å². The first-order chi connectivity index (χ1) is 10.2. The van der Waals surface area contributed by atoms with E-state index in [0.717, 1.165) is 38.8 Å². The van der Waals surface area contributed by atoms with Crippen LogP contribution in [0.5, 0.6) is 0 Å². The fourth-order valence-electron chi connectivity index (χ4n) is 2.52. The largest absolute Gasteiger partial charge is 0.379 e. The van der Waals surface area contributed by atoms with Gasteiger partial charge in [-0.1, -0.05) is 19.1 Å². The van der Waals surface area contributed by atoms with E-state index in [4.69, 9.17) is 4.74 Å². The van der Waals surface area contributed by atoms with Crippen molar-refractivity contribution in [1.29, 1.82) is 0 Å². The maximum Gasteiger partial charge on any atom is 0.0641 e. The van der Waals surface area contributed by atoms with E-state index in [-0.39, 0.29) is 0 Å². The van der Waals surface area contributed by atoms with Crippen LogP contribution >= 0.6 is 0 Å². The highest BCUT2D eigenvalue weighted by atomic mass is 16.5. The summed E-state index contributed by atoms with van der Waals surface area (Å²) in [6.45, 7) is 9.17. The molecule has 3 heteroatoms. The van der Waals surface area contributed by atoms with Crippen molar-refractivity contribution in [3.63, 3.8) is 0 Å². The van der Waals surface area contributed by atoms with Gasteiger partial charge in [0.1, 0.15) is 0 Å². The first-order valence-electron chi connectivity index (χ1n) is 8.29. The molecule has 1 N–H and O–H groups in total. The lowest BCUT2D eigenvalue weighted by Gasteiger charge is -2.22. The van der Waals surface area contributed by atoms with Crippen molar-refractivity contribution in [2.75, 3.05) is 38.3 Å². The molecule has 0 unspecified atom stereocenters. The summed E-state index contributed by atoms with van der Waals surface area (Å²) in [5.74, 6) is 0.854. The van der Waals surface area contributed by atoms with Gasteiger partial charge in [0.15, 0.2) is 0 Å². The van der Waals surface area contributed by atoms with Crippen LogP contribution in [0.15, 0.2) is 18.2 Å². The first kappa shape index (κ1) is 16.3. The Bertz CT molecular complexity index is 429. The Balaban J connectivity index is 1.77. The van der Waals surface area contributed by atoms with Crippen molar-refractivity contribution in [3.05, 3.63) is 29.3 Å². The van der Waals surface area contributed by atoms with Crippen LogP contribution in [-0.2, 0) is 11.3 Å². The van der Waals surface area contributed by atoms with Gasteiger partial charge in [-0.15, -0.1) is 0 Å². The topological polar surface area (TPSA) is 24.5 Å². The molecule has 0 spiro atoms. The van der Waals surface area contributed by atoms with Crippen LogP contribution in [0.4, 0.5) is 5.69 Å². The Morgan fingerprint density at radius 1 is 1.33 bits per heavy atom. The highest BCUT2D eigenvalue weighted by molar-refractivity contribution is 5.53. The Morgan fingerprint density at radius 3 is 2.81 bits per heavy atom. The summed E-state index contributed by atoms with van der Waals surface area (Å²) in [6, 6.07) is 6.76. The zero-order chi connectivity index (χ0) is 15.1. The van der Waals surface area contributed by atoms with Crippen LogP contribution < -0.4 is 10.2 Å². The summed E-state index contributed by atoms with van der Waals surface area (Å²) >= 11 is 0. The minimum Gasteiger partial charge on any atom is -0.379 e. The number of aryl methyl sites for hydroxylation is 1. The molecule has 0 saturated heterocycles. The fraction of sp³-hybridized carbons (Fsp3) is 0.667. The predicted molar refractivity (Wildman–Crippen MR) is 90.0 cm³/mol. The van der Waals surface area contributed by atoms with E-state index >= 15 is 0 Å². The smallest absolute Gasteiger partial charge is 0.0641 e. The SMILES string of the molecule is CCCNCc1ccc(N(C)CCOCC2CC2)c(C)c1. The highest BCUT2D eigenvalue weighted by Gasteiger charge is 2.21. The van der Waals surface area contributed by atoms with E-state index in [9.17, 15) is 0 Å². The Morgan fingerprint density at radius 2 is 2.14 bits per heavy atom. The van der Waals surface area contributed by atoms with E-state index in [1.807, 2.05) is 0 Å². The number of benzene rings is 1. The minimum absolute atomic E-state index is 0.826. The van der Waals surface area contributed by atoms with Crippen LogP contribution in [-0.4, -0.2) is 33.4 Å². The fourth-order valence-corrected chi connectivity index (χ4v) is 2.52. The number of ether oxygens (including phenoxy) is 1. The number of hydrogen-bond donors (Lipinski definition) is 1. The molecule has 1 fully saturated rings. The van der Waals surface area contributed by atoms with Crippen LogP contribution in [0, 0.1) is 12.8 Å². The van der Waals surface area contributed by atoms with Crippen LogP contribution in [0.3, 0.4) is 0 Å². The second kappa shape index (κ2) is 8.40. The van der Waals surface area contributed by atoms with Crippen molar-refractivity contribution in [3.8, 4) is 0 Å². The summed E-state index contributed by atoms with van der Waals surface area (Å²) in [6.07, 6.45) is 3.91. The van der Waals surface area contributed by atoms with Crippen molar-refractivity contribution >= 4 is 5.69 Å². The standard InChI is InChI=1S/C18H30N2O/c1-4-9-19-13-17-7-8-18(15(2)12-17)20(3)10-11-21-14-16-5-6-16/h7-8,12,16,19H,4-6,9-11,13-14H2,1-3H3. The zero-order valence-electron chi connectivity index (χ0n) is 13.8. The van der Waals surface area contributed by atoms with E-state index in [2.05, 4.69) is 49.3 Å². The van der Waals surface area contributed by atoms with Gasteiger partial charge >= 0.3 is 0 Å². The van der Waals surface area contributed by atoms with Crippen molar-refractivity contribution in [2.24, 2.45) is 5.92 Å². The second-order valence-corrected chi connectivity index (χ2v) is 6.24. The molecule has 1 aromatic rings. The molecule has 0 aliphatic heterocycles. The van der Waals surface area contributed by atoms with Crippen LogP contribution in [0.25, 0.3) is 0 Å². The van der Waals surface area contributed by atoms with Crippen molar-refractivity contribution in [1.82, 2.24) is 5.32 Å². The van der Waals surface area contributed by atoms with Gasteiger partial charge < -0.3 is 15.0 Å². The summed E-state index contributed by atoms with van der Waals surface area (Å²) in [5, 5.41) is 3.45. The average molecular weight is 290 g/mol.